The number of hydrogen-bond donors (Lipinski definition) is 2. The Morgan fingerprint density at radius 1 is 0.886 bits per heavy atom. The molecule has 4 unspecified atom stereocenters. The molecule has 1 aliphatic heterocycles. The van der Waals surface area contributed by atoms with Gasteiger partial charge in [-0.05, 0) is 85.9 Å². The first-order valence-corrected chi connectivity index (χ1v) is 14.6. The van der Waals surface area contributed by atoms with E-state index in [0.29, 0.717) is 34.4 Å². The average molecular weight is 587 g/mol. The fourth-order valence-corrected chi connectivity index (χ4v) is 7.28. The van der Waals surface area contributed by atoms with Gasteiger partial charge in [0.05, 0.1) is 24.6 Å². The summed E-state index contributed by atoms with van der Waals surface area (Å²) in [5.74, 6) is -3.19. The molecule has 8 nitrogen and oxygen atoms in total. The Bertz CT molecular complexity index is 1840. The number of amides is 2. The van der Waals surface area contributed by atoms with Gasteiger partial charge >= 0.3 is 0 Å². The van der Waals surface area contributed by atoms with E-state index in [9.17, 15) is 24.3 Å². The van der Waals surface area contributed by atoms with Gasteiger partial charge in [0.15, 0.2) is 23.1 Å². The van der Waals surface area contributed by atoms with E-state index in [1.807, 2.05) is 48.5 Å². The fourth-order valence-electron chi connectivity index (χ4n) is 7.28. The van der Waals surface area contributed by atoms with Crippen LogP contribution in [0.25, 0.3) is 0 Å². The topological polar surface area (TPSA) is 113 Å². The van der Waals surface area contributed by atoms with Crippen molar-refractivity contribution in [1.82, 2.24) is 0 Å². The van der Waals surface area contributed by atoms with Gasteiger partial charge in [-0.25, -0.2) is 0 Å². The largest absolute Gasteiger partial charge is 0.504 e. The standard InChI is InChI=1S/C36H30N2O6/c1-19-16-29(40)33-27(34(19)41)18-26-24(31(33)20-8-15-30(44-2)28(39)17-20)13-14-25-32(26)36(43)38(35(25)42)23-11-9-22(10-12-23)37-21-6-4-3-5-7-21/h3-13,15-17,25-26,31-32,37,39H,14,18H2,1-2H3. The highest BCUT2D eigenvalue weighted by Gasteiger charge is 2.56. The summed E-state index contributed by atoms with van der Waals surface area (Å²) in [5.41, 5.74) is 4.79. The zero-order valence-corrected chi connectivity index (χ0v) is 24.2. The number of benzene rings is 3. The number of ketones is 2. The lowest BCUT2D eigenvalue weighted by Crippen LogP contribution is -2.39. The molecule has 4 aliphatic rings. The molecule has 2 amide bonds. The number of phenols is 1. The Morgan fingerprint density at radius 2 is 1.61 bits per heavy atom. The number of Topliss-reactive ketones (excluding diaryl/α,β-unsaturated/α-hetero) is 1. The van der Waals surface area contributed by atoms with Crippen LogP contribution in [0.2, 0.25) is 0 Å². The van der Waals surface area contributed by atoms with Crippen LogP contribution >= 0.6 is 0 Å². The maximum absolute atomic E-state index is 14.2. The first-order valence-electron chi connectivity index (χ1n) is 14.6. The number of carbonyl (C=O) groups is 4. The molecule has 2 N–H and O–H groups in total. The number of hydrogen-bond acceptors (Lipinski definition) is 7. The number of para-hydroxylation sites is 1. The normalized spacial score (nSPS) is 24.4. The zero-order valence-electron chi connectivity index (χ0n) is 24.2. The zero-order chi connectivity index (χ0) is 30.7. The number of nitrogens with zero attached hydrogens (tertiary/aromatic N) is 1. The van der Waals surface area contributed by atoms with Crippen molar-refractivity contribution in [3.05, 3.63) is 113 Å². The van der Waals surface area contributed by atoms with Gasteiger partial charge in [-0.1, -0.05) is 35.9 Å². The van der Waals surface area contributed by atoms with E-state index in [1.54, 1.807) is 37.3 Å². The molecule has 8 heteroatoms. The molecule has 0 spiro atoms. The second-order valence-electron chi connectivity index (χ2n) is 11.7. The summed E-state index contributed by atoms with van der Waals surface area (Å²) in [5, 5.41) is 13.9. The van der Waals surface area contributed by atoms with Crippen LogP contribution in [0, 0.1) is 17.8 Å². The summed E-state index contributed by atoms with van der Waals surface area (Å²) in [4.78, 5) is 56.1. The van der Waals surface area contributed by atoms with Gasteiger partial charge < -0.3 is 15.2 Å². The molecule has 0 saturated carbocycles. The van der Waals surface area contributed by atoms with Crippen molar-refractivity contribution in [2.75, 3.05) is 17.3 Å². The average Bonchev–Trinajstić information content (AvgIpc) is 3.29. The summed E-state index contributed by atoms with van der Waals surface area (Å²) in [6.07, 6.45) is 3.87. The van der Waals surface area contributed by atoms with Crippen molar-refractivity contribution < 1.29 is 29.0 Å². The van der Waals surface area contributed by atoms with Crippen LogP contribution in [0.3, 0.4) is 0 Å². The van der Waals surface area contributed by atoms with Crippen molar-refractivity contribution in [3.63, 3.8) is 0 Å². The highest BCUT2D eigenvalue weighted by Crippen LogP contribution is 2.55. The lowest BCUT2D eigenvalue weighted by atomic mass is 9.59. The van der Waals surface area contributed by atoms with Gasteiger partial charge in [0.2, 0.25) is 11.8 Å². The molecular weight excluding hydrogens is 556 g/mol. The maximum atomic E-state index is 14.2. The predicted octanol–water partition coefficient (Wildman–Crippen LogP) is 5.78. The molecule has 1 heterocycles. The summed E-state index contributed by atoms with van der Waals surface area (Å²) < 4.78 is 5.23. The van der Waals surface area contributed by atoms with Crippen LogP contribution < -0.4 is 15.0 Å². The molecule has 3 aromatic rings. The van der Waals surface area contributed by atoms with Crippen LogP contribution in [0.5, 0.6) is 11.5 Å². The molecule has 44 heavy (non-hydrogen) atoms. The third-order valence-electron chi connectivity index (χ3n) is 9.29. The number of nitrogens with one attached hydrogen (secondary N) is 1. The maximum Gasteiger partial charge on any atom is 0.238 e. The first kappa shape index (κ1) is 27.6. The summed E-state index contributed by atoms with van der Waals surface area (Å²) >= 11 is 0. The second kappa shape index (κ2) is 10.5. The highest BCUT2D eigenvalue weighted by molar-refractivity contribution is 6.25. The Morgan fingerprint density at radius 3 is 2.32 bits per heavy atom. The highest BCUT2D eigenvalue weighted by atomic mass is 16.5. The molecule has 4 atom stereocenters. The van der Waals surface area contributed by atoms with Gasteiger partial charge in [-0.3, -0.25) is 24.1 Å². The Balaban J connectivity index is 1.25. The fraction of sp³-hybridized carbons (Fsp3) is 0.222. The van der Waals surface area contributed by atoms with Gasteiger partial charge in [0.1, 0.15) is 0 Å². The minimum absolute atomic E-state index is 0.0895. The SMILES string of the molecule is COc1ccc(C2C3=CCC4C(=O)N(c5ccc(Nc6ccccc6)cc5)C(=O)C4C3CC3=C2C(=O)C=C(C)C3=O)cc1O. The molecule has 0 bridgehead atoms. The van der Waals surface area contributed by atoms with Crippen molar-refractivity contribution in [3.8, 4) is 11.5 Å². The minimum atomic E-state index is -0.679. The smallest absolute Gasteiger partial charge is 0.238 e. The molecule has 3 aromatic carbocycles. The monoisotopic (exact) mass is 586 g/mol. The lowest BCUT2D eigenvalue weighted by Gasteiger charge is -2.42. The van der Waals surface area contributed by atoms with E-state index < -0.39 is 23.7 Å². The number of ether oxygens (including phenoxy) is 1. The third kappa shape index (κ3) is 4.28. The quantitative estimate of drug-likeness (QED) is 0.221. The van der Waals surface area contributed by atoms with Gasteiger partial charge in [0.25, 0.3) is 0 Å². The first-order chi connectivity index (χ1) is 21.3. The number of anilines is 3. The van der Waals surface area contributed by atoms with E-state index in [2.05, 4.69) is 5.32 Å². The van der Waals surface area contributed by atoms with Crippen LogP contribution in [0.1, 0.15) is 31.2 Å². The Kier molecular flexibility index (Phi) is 6.57. The molecule has 3 aliphatic carbocycles. The van der Waals surface area contributed by atoms with Crippen molar-refractivity contribution in [1.29, 1.82) is 0 Å². The number of allylic oxidation sites excluding steroid dienone is 6. The van der Waals surface area contributed by atoms with Gasteiger partial charge in [-0.15, -0.1) is 0 Å². The second-order valence-corrected chi connectivity index (χ2v) is 11.7. The van der Waals surface area contributed by atoms with Crippen LogP contribution in [0.4, 0.5) is 17.1 Å². The molecular formula is C36H30N2O6. The summed E-state index contributed by atoms with van der Waals surface area (Å²) in [7, 11) is 1.45. The molecule has 7 rings (SSSR count). The number of methoxy groups -OCH3 is 1. The van der Waals surface area contributed by atoms with Crippen LogP contribution in [-0.4, -0.2) is 35.6 Å². The number of aromatic hydroxyl groups is 1. The molecule has 220 valence electrons. The predicted molar refractivity (Wildman–Crippen MR) is 165 cm³/mol. The number of phenolic OH excluding ortho intramolecular Hbond substituents is 1. The molecule has 0 aromatic heterocycles. The minimum Gasteiger partial charge on any atom is -0.504 e. The Labute approximate surface area is 254 Å². The van der Waals surface area contributed by atoms with E-state index in [0.717, 1.165) is 16.9 Å². The van der Waals surface area contributed by atoms with Crippen molar-refractivity contribution >= 4 is 40.4 Å². The van der Waals surface area contributed by atoms with E-state index >= 15 is 0 Å². The van der Waals surface area contributed by atoms with Crippen molar-refractivity contribution in [2.24, 2.45) is 17.8 Å². The summed E-state index contributed by atoms with van der Waals surface area (Å²) in [6.45, 7) is 1.62. The van der Waals surface area contributed by atoms with E-state index in [4.69, 9.17) is 4.74 Å². The Hall–Kier alpha value is -5.24. The lowest BCUT2D eigenvalue weighted by molar-refractivity contribution is -0.123. The molecule has 1 fully saturated rings. The van der Waals surface area contributed by atoms with Gasteiger partial charge in [-0.2, -0.15) is 0 Å². The van der Waals surface area contributed by atoms with Crippen molar-refractivity contribution in [2.45, 2.75) is 25.7 Å². The van der Waals surface area contributed by atoms with Gasteiger partial charge in [0, 0.05) is 34.0 Å². The van der Waals surface area contributed by atoms with E-state index in [-0.39, 0.29) is 41.3 Å². The number of carbonyl (C=O) groups excluding carboxylic acids is 4. The number of fused-ring (bicyclic) bond motifs is 3. The van der Waals surface area contributed by atoms with Crippen LogP contribution in [-0.2, 0) is 19.2 Å². The third-order valence-corrected chi connectivity index (χ3v) is 9.29. The van der Waals surface area contributed by atoms with E-state index in [1.165, 1.54) is 18.1 Å². The molecule has 0 radical (unpaired) electrons. The number of imide groups is 1. The summed E-state index contributed by atoms with van der Waals surface area (Å²) in [6, 6.07) is 21.8. The number of rotatable bonds is 5. The molecule has 1 saturated heterocycles. The van der Waals surface area contributed by atoms with Crippen LogP contribution in [0.15, 0.2) is 107 Å².